The summed E-state index contributed by atoms with van der Waals surface area (Å²) in [5.41, 5.74) is 5.92. The monoisotopic (exact) mass is 610 g/mol. The van der Waals surface area contributed by atoms with Crippen LogP contribution in [0.15, 0.2) is 39.1 Å². The Morgan fingerprint density at radius 3 is 2.22 bits per heavy atom. The zero-order valence-electron chi connectivity index (χ0n) is 15.2. The summed E-state index contributed by atoms with van der Waals surface area (Å²) in [7, 11) is 0. The Labute approximate surface area is 189 Å². The Balaban J connectivity index is 2.22. The molecule has 0 bridgehead atoms. The number of halogens is 5. The van der Waals surface area contributed by atoms with Crippen molar-refractivity contribution >= 4 is 75.0 Å². The van der Waals surface area contributed by atoms with Crippen molar-refractivity contribution in [2.45, 2.75) is 27.7 Å². The first-order valence-electron chi connectivity index (χ1n) is 8.49. The summed E-state index contributed by atoms with van der Waals surface area (Å²) in [5, 5.41) is 0.625. The van der Waals surface area contributed by atoms with Gasteiger partial charge >= 0.3 is 6.97 Å². The topological polar surface area (TPSA) is 7.94 Å². The minimum atomic E-state index is -3.97. The van der Waals surface area contributed by atoms with E-state index in [1.54, 1.807) is 13.8 Å². The van der Waals surface area contributed by atoms with Crippen molar-refractivity contribution in [2.24, 2.45) is 0 Å². The maximum absolute atomic E-state index is 15.8. The largest absolute Gasteiger partial charge is 0.737 e. The van der Waals surface area contributed by atoms with Gasteiger partial charge in [-0.15, -0.1) is 0 Å². The SMILES string of the molecule is CC1=C(I)C(C)=[N+]2C1=C(c1ccc(Cl)cc1)c1c(C)c(I)c(C)n1[B-]2(F)F. The third-order valence-electron chi connectivity index (χ3n) is 5.44. The van der Waals surface area contributed by atoms with Crippen LogP contribution in [0.4, 0.5) is 8.63 Å². The van der Waals surface area contributed by atoms with Gasteiger partial charge in [0.1, 0.15) is 5.71 Å². The minimum absolute atomic E-state index is 0.603. The molecule has 0 spiro atoms. The number of allylic oxidation sites excluding steroid dienone is 2. The van der Waals surface area contributed by atoms with Crippen molar-refractivity contribution in [2.75, 3.05) is 0 Å². The maximum atomic E-state index is 15.8. The first kappa shape index (κ1) is 19.6. The van der Waals surface area contributed by atoms with Crippen LogP contribution in [0.2, 0.25) is 5.02 Å². The minimum Gasteiger partial charge on any atom is -0.392 e. The smallest absolute Gasteiger partial charge is 0.392 e. The van der Waals surface area contributed by atoms with E-state index in [1.165, 1.54) is 8.96 Å². The first-order valence-corrected chi connectivity index (χ1v) is 11.0. The normalized spacial score (nSPS) is 18.4. The predicted molar refractivity (Wildman–Crippen MR) is 125 cm³/mol. The number of nitrogens with zero attached hydrogens (tertiary/aromatic N) is 2. The van der Waals surface area contributed by atoms with E-state index in [1.807, 2.05) is 38.1 Å². The molecule has 1 aromatic heterocycles. The number of benzene rings is 1. The Kier molecular flexibility index (Phi) is 4.67. The molecule has 2 nitrogen and oxygen atoms in total. The number of rotatable bonds is 1. The molecule has 0 saturated carbocycles. The van der Waals surface area contributed by atoms with Crippen LogP contribution in [0.25, 0.3) is 5.57 Å². The van der Waals surface area contributed by atoms with Gasteiger partial charge in [0.05, 0.1) is 9.15 Å². The van der Waals surface area contributed by atoms with E-state index in [9.17, 15) is 0 Å². The Hall–Kier alpha value is -0.675. The second kappa shape index (κ2) is 6.42. The number of aromatic nitrogens is 1. The van der Waals surface area contributed by atoms with Gasteiger partial charge in [0.15, 0.2) is 5.70 Å². The zero-order valence-corrected chi connectivity index (χ0v) is 20.2. The molecule has 0 saturated heterocycles. The highest BCUT2D eigenvalue weighted by molar-refractivity contribution is 14.1. The van der Waals surface area contributed by atoms with Crippen LogP contribution in [0.1, 0.15) is 36.4 Å². The predicted octanol–water partition coefficient (Wildman–Crippen LogP) is 6.55. The van der Waals surface area contributed by atoms with E-state index in [2.05, 4.69) is 45.2 Å². The summed E-state index contributed by atoms with van der Waals surface area (Å²) in [6.45, 7) is 3.42. The second-order valence-corrected chi connectivity index (χ2v) is 9.55. The van der Waals surface area contributed by atoms with E-state index in [0.29, 0.717) is 27.8 Å². The van der Waals surface area contributed by atoms with Crippen molar-refractivity contribution in [1.29, 1.82) is 0 Å². The number of fused-ring (bicyclic) bond motifs is 2. The molecule has 1 aromatic carbocycles. The maximum Gasteiger partial charge on any atom is 0.737 e. The Bertz CT molecular complexity index is 1110. The third-order valence-corrected chi connectivity index (χ3v) is 8.87. The molecule has 0 fully saturated rings. The molecule has 0 aliphatic carbocycles. The van der Waals surface area contributed by atoms with Gasteiger partial charge in [-0.1, -0.05) is 23.7 Å². The van der Waals surface area contributed by atoms with Crippen LogP contribution in [0, 0.1) is 17.4 Å². The van der Waals surface area contributed by atoms with E-state index in [0.717, 1.165) is 29.4 Å². The van der Waals surface area contributed by atoms with E-state index < -0.39 is 6.97 Å². The highest BCUT2D eigenvalue weighted by Crippen LogP contribution is 2.47. The quantitative estimate of drug-likeness (QED) is 0.256. The van der Waals surface area contributed by atoms with Gasteiger partial charge in [0.25, 0.3) is 0 Å². The summed E-state index contributed by atoms with van der Waals surface area (Å²) in [4.78, 5) is 0. The van der Waals surface area contributed by atoms with E-state index in [4.69, 9.17) is 11.6 Å². The molecule has 0 unspecified atom stereocenters. The zero-order chi connectivity index (χ0) is 19.8. The molecule has 2 aliphatic heterocycles. The fourth-order valence-corrected chi connectivity index (χ4v) is 5.33. The van der Waals surface area contributed by atoms with Gasteiger partial charge in [0, 0.05) is 26.8 Å². The Morgan fingerprint density at radius 2 is 1.63 bits per heavy atom. The summed E-state index contributed by atoms with van der Waals surface area (Å²) >= 11 is 10.4. The van der Waals surface area contributed by atoms with E-state index in [-0.39, 0.29) is 0 Å². The van der Waals surface area contributed by atoms with Crippen LogP contribution in [0.3, 0.4) is 0 Å². The second-order valence-electron chi connectivity index (χ2n) is 6.96. The fourth-order valence-electron chi connectivity index (χ4n) is 4.17. The molecular weight excluding hydrogens is 594 g/mol. The van der Waals surface area contributed by atoms with Gasteiger partial charge in [-0.3, -0.25) is 0 Å². The number of hydrogen-bond donors (Lipinski definition) is 0. The van der Waals surface area contributed by atoms with Crippen molar-refractivity contribution in [3.63, 3.8) is 0 Å². The molecule has 0 N–H and O–H groups in total. The first-order chi connectivity index (χ1) is 12.6. The van der Waals surface area contributed by atoms with Crippen LogP contribution in [-0.4, -0.2) is 21.6 Å². The lowest BCUT2D eigenvalue weighted by atomic mass is 9.84. The molecule has 27 heavy (non-hydrogen) atoms. The highest BCUT2D eigenvalue weighted by Gasteiger charge is 2.56. The van der Waals surface area contributed by atoms with Crippen LogP contribution >= 0.6 is 56.8 Å². The highest BCUT2D eigenvalue weighted by atomic mass is 127. The van der Waals surface area contributed by atoms with E-state index >= 15 is 8.63 Å². The standard InChI is InChI=1S/C19H16BClF2I2N2/c1-9-16(24)11(3)26-18(9)15(13-5-7-14(21)8-6-13)19-10(2)17(25)12(4)27(19)20(26,22)23/h5-8H,1-4H3. The van der Waals surface area contributed by atoms with Gasteiger partial charge in [-0.2, -0.15) is 0 Å². The van der Waals surface area contributed by atoms with Crippen molar-refractivity contribution in [1.82, 2.24) is 4.48 Å². The lowest BCUT2D eigenvalue weighted by Crippen LogP contribution is -2.51. The fraction of sp³-hybridized carbons (Fsp3) is 0.211. The van der Waals surface area contributed by atoms with Crippen LogP contribution < -0.4 is 0 Å². The van der Waals surface area contributed by atoms with Crippen molar-refractivity contribution in [3.05, 3.63) is 70.2 Å². The van der Waals surface area contributed by atoms with Crippen LogP contribution in [-0.2, 0) is 0 Å². The molecule has 140 valence electrons. The Morgan fingerprint density at radius 1 is 1.04 bits per heavy atom. The molecule has 0 radical (unpaired) electrons. The average molecular weight is 610 g/mol. The lowest BCUT2D eigenvalue weighted by molar-refractivity contribution is -0.363. The lowest BCUT2D eigenvalue weighted by Gasteiger charge is -2.33. The third kappa shape index (κ3) is 2.56. The molecule has 3 heterocycles. The van der Waals surface area contributed by atoms with Crippen molar-refractivity contribution in [3.8, 4) is 0 Å². The molecule has 2 aromatic rings. The molecule has 8 heteroatoms. The molecule has 2 aliphatic rings. The van der Waals surface area contributed by atoms with Crippen LogP contribution in [0.5, 0.6) is 0 Å². The number of hydrogen-bond acceptors (Lipinski definition) is 0. The summed E-state index contributed by atoms with van der Waals surface area (Å²) in [6.07, 6.45) is 0. The summed E-state index contributed by atoms with van der Waals surface area (Å²) in [5.74, 6) is 0. The molecule has 0 amide bonds. The molecule has 4 rings (SSSR count). The van der Waals surface area contributed by atoms with Gasteiger partial charge < -0.3 is 17.6 Å². The average Bonchev–Trinajstić information content (AvgIpc) is 2.98. The van der Waals surface area contributed by atoms with Gasteiger partial charge in [-0.05, 0) is 94.9 Å². The van der Waals surface area contributed by atoms with Gasteiger partial charge in [-0.25, -0.2) is 0 Å². The molecular formula is C19H16BClF2I2N2. The molecule has 0 atom stereocenters. The summed E-state index contributed by atoms with van der Waals surface area (Å²) < 4.78 is 35.9. The van der Waals surface area contributed by atoms with Crippen molar-refractivity contribution < 1.29 is 13.1 Å². The van der Waals surface area contributed by atoms with Gasteiger partial charge in [0.2, 0.25) is 0 Å². The summed E-state index contributed by atoms with van der Waals surface area (Å²) in [6, 6.07) is 7.43.